The highest BCUT2D eigenvalue weighted by atomic mass is 79.9. The molecule has 0 bridgehead atoms. The summed E-state index contributed by atoms with van der Waals surface area (Å²) in [5.74, 6) is 0.579. The van der Waals surface area contributed by atoms with Crippen LogP contribution < -0.4 is 0 Å². The van der Waals surface area contributed by atoms with E-state index in [2.05, 4.69) is 42.8 Å². The first-order valence-corrected chi connectivity index (χ1v) is 6.29. The van der Waals surface area contributed by atoms with Crippen molar-refractivity contribution < 1.29 is 5.11 Å². The molecule has 1 aromatic carbocycles. The Morgan fingerprint density at radius 1 is 1.27 bits per heavy atom. The zero-order valence-electron chi connectivity index (χ0n) is 9.47. The molecule has 0 amide bonds. The minimum Gasteiger partial charge on any atom is -0.388 e. The molecule has 2 rings (SSSR count). The highest BCUT2D eigenvalue weighted by Crippen LogP contribution is 2.42. The van der Waals surface area contributed by atoms with E-state index in [9.17, 15) is 5.11 Å². The molecule has 0 spiro atoms. The van der Waals surface area contributed by atoms with Gasteiger partial charge in [0.1, 0.15) is 0 Å². The Morgan fingerprint density at radius 3 is 2.60 bits per heavy atom. The molecule has 1 aliphatic carbocycles. The smallest absolute Gasteiger partial charge is 0.0796 e. The van der Waals surface area contributed by atoms with E-state index in [1.54, 1.807) is 0 Å². The van der Waals surface area contributed by atoms with Gasteiger partial charge in [0.15, 0.2) is 0 Å². The molecule has 0 aromatic heterocycles. The molecule has 1 N–H and O–H groups in total. The molecular formula is C13H17BrO. The van der Waals surface area contributed by atoms with E-state index in [0.29, 0.717) is 5.92 Å². The lowest BCUT2D eigenvalue weighted by molar-refractivity contribution is 0.150. The van der Waals surface area contributed by atoms with Crippen molar-refractivity contribution in [2.45, 2.75) is 45.6 Å². The number of fused-ring (bicyclic) bond motifs is 1. The van der Waals surface area contributed by atoms with Crippen LogP contribution in [0.5, 0.6) is 0 Å². The number of hydrogen-bond donors (Lipinski definition) is 1. The molecule has 2 heteroatoms. The van der Waals surface area contributed by atoms with Gasteiger partial charge in [-0.1, -0.05) is 22.9 Å². The van der Waals surface area contributed by atoms with Gasteiger partial charge in [-0.25, -0.2) is 0 Å². The van der Waals surface area contributed by atoms with Gasteiger partial charge < -0.3 is 5.11 Å². The lowest BCUT2D eigenvalue weighted by Gasteiger charge is -2.30. The van der Waals surface area contributed by atoms with Crippen LogP contribution >= 0.6 is 15.9 Å². The molecule has 0 fully saturated rings. The number of hydrogen-bond acceptors (Lipinski definition) is 1. The van der Waals surface area contributed by atoms with Crippen LogP contribution in [0.15, 0.2) is 10.5 Å². The summed E-state index contributed by atoms with van der Waals surface area (Å²) >= 11 is 3.56. The van der Waals surface area contributed by atoms with Gasteiger partial charge in [0.05, 0.1) is 6.10 Å². The average Bonchev–Trinajstić information content (AvgIpc) is 2.18. The van der Waals surface area contributed by atoms with Crippen LogP contribution in [-0.4, -0.2) is 5.11 Å². The summed E-state index contributed by atoms with van der Waals surface area (Å²) in [5, 5.41) is 10.1. The molecule has 2 atom stereocenters. The third-order valence-corrected chi connectivity index (χ3v) is 4.34. The topological polar surface area (TPSA) is 20.2 Å². The number of aryl methyl sites for hydroxylation is 1. The fourth-order valence-corrected chi connectivity index (χ4v) is 3.26. The molecule has 15 heavy (non-hydrogen) atoms. The summed E-state index contributed by atoms with van der Waals surface area (Å²) in [6, 6.07) is 2.17. The van der Waals surface area contributed by atoms with E-state index >= 15 is 0 Å². The summed E-state index contributed by atoms with van der Waals surface area (Å²) in [5.41, 5.74) is 5.04. The second-order valence-corrected chi connectivity index (χ2v) is 5.48. The van der Waals surface area contributed by atoms with Crippen LogP contribution in [0.3, 0.4) is 0 Å². The van der Waals surface area contributed by atoms with Crippen LogP contribution in [0, 0.1) is 13.8 Å². The quantitative estimate of drug-likeness (QED) is 0.754. The Kier molecular flexibility index (Phi) is 2.91. The van der Waals surface area contributed by atoms with Crippen molar-refractivity contribution >= 4 is 15.9 Å². The summed E-state index contributed by atoms with van der Waals surface area (Å²) in [6.45, 7) is 6.48. The number of aliphatic hydroxyl groups is 1. The summed E-state index contributed by atoms with van der Waals surface area (Å²) in [7, 11) is 0. The Labute approximate surface area is 99.6 Å². The minimum atomic E-state index is -0.271. The van der Waals surface area contributed by atoms with Gasteiger partial charge in [-0.15, -0.1) is 0 Å². The molecule has 0 saturated heterocycles. The lowest BCUT2D eigenvalue weighted by Crippen LogP contribution is -2.15. The van der Waals surface area contributed by atoms with Gasteiger partial charge in [0.2, 0.25) is 0 Å². The van der Waals surface area contributed by atoms with Crippen molar-refractivity contribution in [2.75, 3.05) is 0 Å². The first-order chi connectivity index (χ1) is 7.02. The van der Waals surface area contributed by atoms with Crippen LogP contribution in [0.1, 0.15) is 54.0 Å². The van der Waals surface area contributed by atoms with E-state index in [1.165, 1.54) is 22.3 Å². The predicted octanol–water partition coefficient (Wildman–Crippen LogP) is 4.00. The van der Waals surface area contributed by atoms with E-state index in [1.807, 2.05) is 0 Å². The van der Waals surface area contributed by atoms with E-state index in [4.69, 9.17) is 0 Å². The van der Waals surface area contributed by atoms with Gasteiger partial charge in [-0.2, -0.15) is 0 Å². The third kappa shape index (κ3) is 1.74. The van der Waals surface area contributed by atoms with Crippen LogP contribution in [0.2, 0.25) is 0 Å². The molecule has 0 radical (unpaired) electrons. The van der Waals surface area contributed by atoms with Crippen molar-refractivity contribution in [3.8, 4) is 0 Å². The summed E-state index contributed by atoms with van der Waals surface area (Å²) in [4.78, 5) is 0. The van der Waals surface area contributed by atoms with Crippen molar-refractivity contribution in [1.29, 1.82) is 0 Å². The maximum atomic E-state index is 10.1. The fourth-order valence-electron chi connectivity index (χ4n) is 2.70. The Hall–Kier alpha value is -0.340. The number of rotatable bonds is 0. The number of benzene rings is 1. The monoisotopic (exact) mass is 268 g/mol. The predicted molar refractivity (Wildman–Crippen MR) is 66.2 cm³/mol. The van der Waals surface area contributed by atoms with Gasteiger partial charge in [0, 0.05) is 4.47 Å². The molecule has 1 unspecified atom stereocenters. The third-order valence-electron chi connectivity index (χ3n) is 3.52. The Morgan fingerprint density at radius 2 is 1.93 bits per heavy atom. The zero-order valence-corrected chi connectivity index (χ0v) is 11.1. The molecule has 1 aromatic rings. The normalized spacial score (nSPS) is 25.1. The highest BCUT2D eigenvalue weighted by Gasteiger charge is 2.27. The SMILES string of the molecule is Cc1cc(Br)c(C)c2c1C(C)CC[C@H]2O. The molecule has 82 valence electrons. The number of halogens is 1. The molecule has 0 heterocycles. The van der Waals surface area contributed by atoms with Crippen molar-refractivity contribution in [3.05, 3.63) is 32.8 Å². The van der Waals surface area contributed by atoms with E-state index in [0.717, 1.165) is 17.3 Å². The van der Waals surface area contributed by atoms with Crippen molar-refractivity contribution in [3.63, 3.8) is 0 Å². The van der Waals surface area contributed by atoms with Crippen LogP contribution in [-0.2, 0) is 0 Å². The minimum absolute atomic E-state index is 0.271. The largest absolute Gasteiger partial charge is 0.388 e. The first-order valence-electron chi connectivity index (χ1n) is 5.50. The molecule has 1 nitrogen and oxygen atoms in total. The summed E-state index contributed by atoms with van der Waals surface area (Å²) < 4.78 is 1.12. The van der Waals surface area contributed by atoms with Gasteiger partial charge in [-0.05, 0) is 60.9 Å². The van der Waals surface area contributed by atoms with Gasteiger partial charge in [-0.3, -0.25) is 0 Å². The van der Waals surface area contributed by atoms with Crippen molar-refractivity contribution in [2.24, 2.45) is 0 Å². The maximum Gasteiger partial charge on any atom is 0.0796 e. The van der Waals surface area contributed by atoms with Crippen molar-refractivity contribution in [1.82, 2.24) is 0 Å². The van der Waals surface area contributed by atoms with E-state index < -0.39 is 0 Å². The molecule has 1 aliphatic rings. The van der Waals surface area contributed by atoms with Gasteiger partial charge >= 0.3 is 0 Å². The van der Waals surface area contributed by atoms with Crippen LogP contribution in [0.4, 0.5) is 0 Å². The molecule has 0 aliphatic heterocycles. The standard InChI is InChI=1S/C13H17BrO/c1-7-4-5-11(15)13-9(3)10(14)6-8(2)12(7)13/h6-7,11,15H,4-5H2,1-3H3/t7?,11-/m1/s1. The maximum absolute atomic E-state index is 10.1. The summed E-state index contributed by atoms with van der Waals surface area (Å²) in [6.07, 6.45) is 1.72. The molecule has 0 saturated carbocycles. The van der Waals surface area contributed by atoms with Gasteiger partial charge in [0.25, 0.3) is 0 Å². The number of aliphatic hydroxyl groups excluding tert-OH is 1. The Balaban J connectivity index is 2.71. The van der Waals surface area contributed by atoms with E-state index in [-0.39, 0.29) is 6.10 Å². The average molecular weight is 269 g/mol. The lowest BCUT2D eigenvalue weighted by atomic mass is 9.78. The first kappa shape index (κ1) is 11.2. The molecular weight excluding hydrogens is 252 g/mol. The fraction of sp³-hybridized carbons (Fsp3) is 0.538. The second-order valence-electron chi connectivity index (χ2n) is 4.62. The zero-order chi connectivity index (χ0) is 11.2. The second kappa shape index (κ2) is 3.91. The Bertz CT molecular complexity index is 398. The van der Waals surface area contributed by atoms with Crippen LogP contribution in [0.25, 0.3) is 0 Å². The highest BCUT2D eigenvalue weighted by molar-refractivity contribution is 9.10.